The van der Waals surface area contributed by atoms with Crippen LogP contribution in [0.1, 0.15) is 47.0 Å². The van der Waals surface area contributed by atoms with Gasteiger partial charge in [-0.1, -0.05) is 13.8 Å². The van der Waals surface area contributed by atoms with E-state index in [4.69, 9.17) is 0 Å². The molecule has 1 aliphatic rings. The highest BCUT2D eigenvalue weighted by molar-refractivity contribution is 5.96. The highest BCUT2D eigenvalue weighted by atomic mass is 16.1. The summed E-state index contributed by atoms with van der Waals surface area (Å²) in [6.45, 7) is 5.45. The second-order valence-corrected chi connectivity index (χ2v) is 3.94. The summed E-state index contributed by atoms with van der Waals surface area (Å²) in [5.41, 5.74) is 0. The van der Waals surface area contributed by atoms with Crippen LogP contribution in [0.5, 0.6) is 0 Å². The maximum atomic E-state index is 10.0. The van der Waals surface area contributed by atoms with Crippen molar-refractivity contribution in [3.8, 4) is 0 Å². The molecule has 1 saturated heterocycles. The number of nitrogens with zero attached hydrogens (tertiary/aromatic N) is 1. The SMILES string of the molecule is C.CC(=O)CC(C)=O.CN1CCCCC1. The van der Waals surface area contributed by atoms with E-state index in [1.807, 2.05) is 0 Å². The number of piperidine rings is 1. The van der Waals surface area contributed by atoms with Crippen LogP contribution in [0.2, 0.25) is 0 Å². The van der Waals surface area contributed by atoms with Crippen molar-refractivity contribution in [3.63, 3.8) is 0 Å². The third-order valence-electron chi connectivity index (χ3n) is 2.08. The molecule has 0 aromatic carbocycles. The number of Topliss-reactive ketones (excluding diaryl/α,β-unsaturated/α-hetero) is 2. The van der Waals surface area contributed by atoms with Gasteiger partial charge in [0.1, 0.15) is 11.6 Å². The van der Waals surface area contributed by atoms with E-state index >= 15 is 0 Å². The van der Waals surface area contributed by atoms with E-state index in [1.54, 1.807) is 0 Å². The van der Waals surface area contributed by atoms with Crippen molar-refractivity contribution in [1.82, 2.24) is 4.90 Å². The first-order chi connectivity index (χ1) is 6.52. The molecule has 0 bridgehead atoms. The first kappa shape index (κ1) is 16.7. The number of carbonyl (C=O) groups is 2. The van der Waals surface area contributed by atoms with Crippen molar-refractivity contribution < 1.29 is 9.59 Å². The Morgan fingerprint density at radius 3 is 1.53 bits per heavy atom. The summed E-state index contributed by atoms with van der Waals surface area (Å²) in [5.74, 6) is -0.125. The molecule has 0 aromatic heterocycles. The highest BCUT2D eigenvalue weighted by Gasteiger charge is 2.02. The lowest BCUT2D eigenvalue weighted by Gasteiger charge is -2.20. The maximum Gasteiger partial charge on any atom is 0.137 e. The molecule has 0 aliphatic carbocycles. The Morgan fingerprint density at radius 2 is 1.40 bits per heavy atom. The largest absolute Gasteiger partial charge is 0.306 e. The molecular formula is C12H25NO2. The summed E-state index contributed by atoms with van der Waals surface area (Å²) >= 11 is 0. The molecule has 3 nitrogen and oxygen atoms in total. The van der Waals surface area contributed by atoms with Crippen LogP contribution in [0.25, 0.3) is 0 Å². The van der Waals surface area contributed by atoms with Gasteiger partial charge < -0.3 is 4.90 Å². The molecule has 3 heteroatoms. The summed E-state index contributed by atoms with van der Waals surface area (Å²) in [7, 11) is 2.19. The molecule has 0 radical (unpaired) electrons. The molecule has 15 heavy (non-hydrogen) atoms. The topological polar surface area (TPSA) is 37.4 Å². The maximum absolute atomic E-state index is 10.0. The van der Waals surface area contributed by atoms with Gasteiger partial charge in [-0.05, 0) is 46.8 Å². The predicted molar refractivity (Wildman–Crippen MR) is 64.1 cm³/mol. The van der Waals surface area contributed by atoms with Gasteiger partial charge >= 0.3 is 0 Å². The smallest absolute Gasteiger partial charge is 0.137 e. The van der Waals surface area contributed by atoms with E-state index in [2.05, 4.69) is 11.9 Å². The zero-order chi connectivity index (χ0) is 11.0. The standard InChI is InChI=1S/C6H13N.C5H8O2.CH4/c1-7-5-3-2-4-6-7;1-4(6)3-5(2)7;/h2-6H2,1H3;3H2,1-2H3;1H4. The second kappa shape index (κ2) is 9.84. The molecule has 0 aromatic rings. The van der Waals surface area contributed by atoms with Crippen molar-refractivity contribution in [3.05, 3.63) is 0 Å². The number of likely N-dealkylation sites (tertiary alicyclic amines) is 1. The Bertz CT molecular complexity index is 172. The van der Waals surface area contributed by atoms with Crippen molar-refractivity contribution >= 4 is 11.6 Å². The lowest BCUT2D eigenvalue weighted by molar-refractivity contribution is -0.124. The third kappa shape index (κ3) is 13.3. The van der Waals surface area contributed by atoms with E-state index in [1.165, 1.54) is 46.2 Å². The summed E-state index contributed by atoms with van der Waals surface area (Å²) in [6, 6.07) is 0. The Kier molecular flexibility index (Phi) is 11.0. The average Bonchev–Trinajstić information content (AvgIpc) is 2.03. The van der Waals surface area contributed by atoms with Gasteiger partial charge in [-0.15, -0.1) is 0 Å². The van der Waals surface area contributed by atoms with Gasteiger partial charge in [0.15, 0.2) is 0 Å². The molecule has 1 heterocycles. The molecular weight excluding hydrogens is 190 g/mol. The number of hydrogen-bond donors (Lipinski definition) is 0. The number of ketones is 2. The van der Waals surface area contributed by atoms with Crippen LogP contribution in [0.4, 0.5) is 0 Å². The van der Waals surface area contributed by atoms with E-state index in [0.29, 0.717) is 0 Å². The molecule has 90 valence electrons. The molecule has 1 fully saturated rings. The second-order valence-electron chi connectivity index (χ2n) is 3.94. The molecule has 0 unspecified atom stereocenters. The van der Waals surface area contributed by atoms with E-state index < -0.39 is 0 Å². The van der Waals surface area contributed by atoms with Crippen molar-refractivity contribution in [2.45, 2.75) is 47.0 Å². The quantitative estimate of drug-likeness (QED) is 0.663. The molecule has 0 N–H and O–H groups in total. The fourth-order valence-electron chi connectivity index (χ4n) is 1.40. The molecule has 1 aliphatic heterocycles. The zero-order valence-corrected chi connectivity index (χ0v) is 9.51. The van der Waals surface area contributed by atoms with Crippen molar-refractivity contribution in [1.29, 1.82) is 0 Å². The summed E-state index contributed by atoms with van der Waals surface area (Å²) < 4.78 is 0. The fourth-order valence-corrected chi connectivity index (χ4v) is 1.40. The van der Waals surface area contributed by atoms with Crippen LogP contribution >= 0.6 is 0 Å². The van der Waals surface area contributed by atoms with Gasteiger partial charge in [-0.25, -0.2) is 0 Å². The highest BCUT2D eigenvalue weighted by Crippen LogP contribution is 2.04. The molecule has 1 rings (SSSR count). The first-order valence-corrected chi connectivity index (χ1v) is 5.20. The Morgan fingerprint density at radius 1 is 1.00 bits per heavy atom. The van der Waals surface area contributed by atoms with Crippen LogP contribution in [-0.4, -0.2) is 36.6 Å². The first-order valence-electron chi connectivity index (χ1n) is 5.20. The van der Waals surface area contributed by atoms with E-state index in [9.17, 15) is 9.59 Å². The predicted octanol–water partition coefficient (Wildman–Crippen LogP) is 2.29. The van der Waals surface area contributed by atoms with Gasteiger partial charge in [0.05, 0.1) is 6.42 Å². The molecule has 0 atom stereocenters. The normalized spacial score (nSPS) is 15.7. The Labute approximate surface area is 93.8 Å². The average molecular weight is 215 g/mol. The molecule has 0 spiro atoms. The summed E-state index contributed by atoms with van der Waals surface area (Å²) in [5, 5.41) is 0. The number of hydrogen-bond acceptors (Lipinski definition) is 3. The Balaban J connectivity index is 0. The monoisotopic (exact) mass is 215 g/mol. The van der Waals surface area contributed by atoms with Gasteiger partial charge in [0.2, 0.25) is 0 Å². The molecule has 0 saturated carbocycles. The molecule has 0 amide bonds. The Hall–Kier alpha value is -0.700. The zero-order valence-electron chi connectivity index (χ0n) is 9.51. The van der Waals surface area contributed by atoms with Crippen LogP contribution < -0.4 is 0 Å². The van der Waals surface area contributed by atoms with E-state index in [-0.39, 0.29) is 25.4 Å². The number of rotatable bonds is 2. The lowest BCUT2D eigenvalue weighted by Crippen LogP contribution is -2.24. The van der Waals surface area contributed by atoms with Crippen LogP contribution in [0.15, 0.2) is 0 Å². The van der Waals surface area contributed by atoms with Crippen LogP contribution in [-0.2, 0) is 9.59 Å². The van der Waals surface area contributed by atoms with Gasteiger partial charge in [-0.2, -0.15) is 0 Å². The van der Waals surface area contributed by atoms with Gasteiger partial charge in [-0.3, -0.25) is 9.59 Å². The number of carbonyl (C=O) groups excluding carboxylic acids is 2. The minimum Gasteiger partial charge on any atom is -0.306 e. The van der Waals surface area contributed by atoms with Gasteiger partial charge in [0.25, 0.3) is 0 Å². The summed E-state index contributed by atoms with van der Waals surface area (Å²) in [6.07, 6.45) is 4.36. The van der Waals surface area contributed by atoms with Gasteiger partial charge in [0, 0.05) is 0 Å². The van der Waals surface area contributed by atoms with Crippen molar-refractivity contribution in [2.75, 3.05) is 20.1 Å². The van der Waals surface area contributed by atoms with Crippen LogP contribution in [0, 0.1) is 0 Å². The minimum atomic E-state index is -0.0625. The van der Waals surface area contributed by atoms with E-state index in [0.717, 1.165) is 0 Å². The summed E-state index contributed by atoms with van der Waals surface area (Å²) in [4.78, 5) is 22.5. The van der Waals surface area contributed by atoms with Crippen LogP contribution in [0.3, 0.4) is 0 Å². The van der Waals surface area contributed by atoms with Crippen molar-refractivity contribution in [2.24, 2.45) is 0 Å². The third-order valence-corrected chi connectivity index (χ3v) is 2.08. The fraction of sp³-hybridized carbons (Fsp3) is 0.833. The lowest BCUT2D eigenvalue weighted by atomic mass is 10.1. The minimum absolute atomic E-state index is 0.